The van der Waals surface area contributed by atoms with Crippen LogP contribution in [0.5, 0.6) is 0 Å². The van der Waals surface area contributed by atoms with Gasteiger partial charge in [-0.1, -0.05) is 78.6 Å². The number of hydrogen-bond donors (Lipinski definition) is 4. The minimum absolute atomic E-state index is 0.0704. The number of nitrogens with zero attached hydrogens (tertiary/aromatic N) is 1. The first-order chi connectivity index (χ1) is 20.6. The predicted octanol–water partition coefficient (Wildman–Crippen LogP) is 2.81. The molecule has 5 atom stereocenters. The summed E-state index contributed by atoms with van der Waals surface area (Å²) in [7, 11) is 1.66. The Morgan fingerprint density at radius 2 is 1.44 bits per heavy atom. The number of ether oxygens (including phenoxy) is 1. The van der Waals surface area contributed by atoms with Crippen molar-refractivity contribution in [1.82, 2.24) is 26.2 Å². The van der Waals surface area contributed by atoms with Gasteiger partial charge < -0.3 is 30.9 Å². The number of carbonyl (C=O) groups excluding carboxylic acids is 5. The topological polar surface area (TPSA) is 146 Å². The van der Waals surface area contributed by atoms with E-state index in [4.69, 9.17) is 4.74 Å². The van der Waals surface area contributed by atoms with E-state index < -0.39 is 29.8 Å². The zero-order valence-corrected chi connectivity index (χ0v) is 27.2. The van der Waals surface area contributed by atoms with Crippen LogP contribution in [0.2, 0.25) is 0 Å². The lowest BCUT2D eigenvalue weighted by molar-refractivity contribution is -0.147. The van der Waals surface area contributed by atoms with Crippen molar-refractivity contribution < 1.29 is 28.7 Å². The van der Waals surface area contributed by atoms with Crippen molar-refractivity contribution in [1.29, 1.82) is 0 Å². The molecule has 11 nitrogen and oxygen atoms in total. The molecule has 0 aromatic rings. The molecule has 1 aliphatic carbocycles. The Hall–Kier alpha value is -2.69. The van der Waals surface area contributed by atoms with Gasteiger partial charge in [0.15, 0.2) is 0 Å². The van der Waals surface area contributed by atoms with Gasteiger partial charge in [-0.25, -0.2) is 0 Å². The average Bonchev–Trinajstić information content (AvgIpc) is 3.27. The van der Waals surface area contributed by atoms with Crippen molar-refractivity contribution in [2.75, 3.05) is 26.7 Å². The maximum absolute atomic E-state index is 13.8. The third-order valence-corrected chi connectivity index (χ3v) is 8.76. The van der Waals surface area contributed by atoms with Crippen molar-refractivity contribution in [2.45, 2.75) is 135 Å². The highest BCUT2D eigenvalue weighted by molar-refractivity contribution is 5.94. The minimum Gasteiger partial charge on any atom is -0.375 e. The molecular formula is C32H57N5O6. The molecule has 5 amide bonds. The smallest absolute Gasteiger partial charge is 0.243 e. The molecule has 0 aromatic heterocycles. The Bertz CT molecular complexity index is 907. The molecule has 246 valence electrons. The predicted molar refractivity (Wildman–Crippen MR) is 166 cm³/mol. The van der Waals surface area contributed by atoms with Crippen molar-refractivity contribution >= 4 is 29.5 Å². The highest BCUT2D eigenvalue weighted by Gasteiger charge is 2.37. The fraction of sp³-hybridized carbons (Fsp3) is 0.844. The van der Waals surface area contributed by atoms with Gasteiger partial charge >= 0.3 is 0 Å². The highest BCUT2D eigenvalue weighted by atomic mass is 16.5. The molecule has 0 aromatic carbocycles. The molecule has 0 bridgehead atoms. The maximum Gasteiger partial charge on any atom is 0.243 e. The minimum atomic E-state index is -0.820. The Kier molecular flexibility index (Phi) is 16.6. The first kappa shape index (κ1) is 36.5. The van der Waals surface area contributed by atoms with Crippen LogP contribution in [-0.4, -0.2) is 85.4 Å². The summed E-state index contributed by atoms with van der Waals surface area (Å²) in [5, 5.41) is 11.0. The van der Waals surface area contributed by atoms with E-state index >= 15 is 0 Å². The van der Waals surface area contributed by atoms with E-state index in [-0.39, 0.29) is 55.5 Å². The Morgan fingerprint density at radius 3 is 2.09 bits per heavy atom. The van der Waals surface area contributed by atoms with Crippen LogP contribution in [-0.2, 0) is 28.7 Å². The quantitative estimate of drug-likeness (QED) is 0.247. The molecule has 2 aliphatic rings. The van der Waals surface area contributed by atoms with E-state index in [0.29, 0.717) is 19.3 Å². The second-order valence-corrected chi connectivity index (χ2v) is 12.5. The number of unbranched alkanes of at least 4 members (excludes halogenated alkanes) is 3. The largest absolute Gasteiger partial charge is 0.375 e. The van der Waals surface area contributed by atoms with Gasteiger partial charge in [0.05, 0.1) is 31.7 Å². The van der Waals surface area contributed by atoms with Crippen LogP contribution in [0.1, 0.15) is 111 Å². The summed E-state index contributed by atoms with van der Waals surface area (Å²) >= 11 is 0. The van der Waals surface area contributed by atoms with Gasteiger partial charge in [-0.2, -0.15) is 0 Å². The van der Waals surface area contributed by atoms with Crippen LogP contribution in [0.3, 0.4) is 0 Å². The lowest BCUT2D eigenvalue weighted by Crippen LogP contribution is -2.57. The monoisotopic (exact) mass is 607 g/mol. The Labute approximate surface area is 258 Å². The van der Waals surface area contributed by atoms with E-state index in [9.17, 15) is 24.0 Å². The first-order valence-electron chi connectivity index (χ1n) is 16.6. The molecule has 1 aliphatic heterocycles. The molecule has 0 spiro atoms. The second kappa shape index (κ2) is 19.6. The molecule has 4 N–H and O–H groups in total. The van der Waals surface area contributed by atoms with Gasteiger partial charge in [0.1, 0.15) is 12.1 Å². The Morgan fingerprint density at radius 1 is 0.767 bits per heavy atom. The fourth-order valence-corrected chi connectivity index (χ4v) is 6.10. The number of rotatable bonds is 8. The van der Waals surface area contributed by atoms with Gasteiger partial charge in [0, 0.05) is 13.1 Å². The van der Waals surface area contributed by atoms with Gasteiger partial charge in [-0.3, -0.25) is 24.0 Å². The second-order valence-electron chi connectivity index (χ2n) is 12.5. The third-order valence-electron chi connectivity index (χ3n) is 8.76. The zero-order valence-electron chi connectivity index (χ0n) is 27.2. The van der Waals surface area contributed by atoms with Gasteiger partial charge in [-0.05, 0) is 38.5 Å². The maximum atomic E-state index is 13.8. The molecule has 2 rings (SSSR count). The Balaban J connectivity index is 2.37. The average molecular weight is 608 g/mol. The molecule has 0 radical (unpaired) electrons. The van der Waals surface area contributed by atoms with Gasteiger partial charge in [0.25, 0.3) is 0 Å². The molecule has 5 unspecified atom stereocenters. The van der Waals surface area contributed by atoms with E-state index in [2.05, 4.69) is 28.2 Å². The summed E-state index contributed by atoms with van der Waals surface area (Å²) in [5.41, 5.74) is 0. The molecule has 1 heterocycles. The normalized spacial score (nSPS) is 28.4. The van der Waals surface area contributed by atoms with Gasteiger partial charge in [0.2, 0.25) is 29.5 Å². The fourth-order valence-electron chi connectivity index (χ4n) is 6.10. The van der Waals surface area contributed by atoms with Crippen LogP contribution < -0.4 is 21.3 Å². The van der Waals surface area contributed by atoms with E-state index in [1.165, 1.54) is 4.90 Å². The van der Waals surface area contributed by atoms with E-state index in [1.54, 1.807) is 7.05 Å². The summed E-state index contributed by atoms with van der Waals surface area (Å²) in [6.45, 7) is 7.42. The molecule has 1 saturated heterocycles. The van der Waals surface area contributed by atoms with Crippen LogP contribution in [0, 0.1) is 11.8 Å². The summed E-state index contributed by atoms with van der Waals surface area (Å²) in [6.07, 6.45) is 11.2. The van der Waals surface area contributed by atoms with Gasteiger partial charge in [-0.15, -0.1) is 0 Å². The summed E-state index contributed by atoms with van der Waals surface area (Å²) in [5.74, 6) is -2.42. The lowest BCUT2D eigenvalue weighted by Gasteiger charge is -2.34. The van der Waals surface area contributed by atoms with Crippen LogP contribution in [0.15, 0.2) is 0 Å². The lowest BCUT2D eigenvalue weighted by atomic mass is 9.90. The summed E-state index contributed by atoms with van der Waals surface area (Å²) in [6, 6.07) is -1.91. The molecule has 43 heavy (non-hydrogen) atoms. The van der Waals surface area contributed by atoms with Crippen LogP contribution in [0.25, 0.3) is 0 Å². The number of likely N-dealkylation sites (N-methyl/N-ethyl adjacent to an activating group) is 1. The first-order valence-corrected chi connectivity index (χ1v) is 16.6. The van der Waals surface area contributed by atoms with Crippen LogP contribution in [0.4, 0.5) is 0 Å². The number of amides is 5. The highest BCUT2D eigenvalue weighted by Crippen LogP contribution is 2.26. The standard InChI is InChI=1S/C32H57N5O6/c1-6-8-9-14-18-26-23(4)32(42)37(5)25(15-7-2)30(40)36-29(24-16-12-10-11-13-17-24)31(41)34-19-27(38)33-20-28(39)35-22(3)21-43-26/h22-26,29H,6-21H2,1-5H3,(H,33,38)(H,34,41)(H,35,39)(H,36,40). The summed E-state index contributed by atoms with van der Waals surface area (Å²) in [4.78, 5) is 67.6. The molecular weight excluding hydrogens is 550 g/mol. The van der Waals surface area contributed by atoms with Crippen molar-refractivity contribution in [2.24, 2.45) is 11.8 Å². The van der Waals surface area contributed by atoms with E-state index in [0.717, 1.165) is 64.2 Å². The summed E-state index contributed by atoms with van der Waals surface area (Å²) < 4.78 is 6.24. The number of carbonyl (C=O) groups is 5. The number of nitrogens with one attached hydrogen (secondary N) is 4. The SMILES string of the molecule is CCCCCCC1OCC(C)NC(=O)CNC(=O)CNC(=O)C(C2CCCCCC2)NC(=O)C(CCC)N(C)C(=O)C1C. The van der Waals surface area contributed by atoms with Crippen molar-refractivity contribution in [3.63, 3.8) is 0 Å². The van der Waals surface area contributed by atoms with Crippen molar-refractivity contribution in [3.05, 3.63) is 0 Å². The zero-order chi connectivity index (χ0) is 31.8. The molecule has 1 saturated carbocycles. The van der Waals surface area contributed by atoms with Crippen molar-refractivity contribution in [3.8, 4) is 0 Å². The third kappa shape index (κ3) is 12.4. The molecule has 11 heteroatoms. The van der Waals surface area contributed by atoms with Crippen LogP contribution >= 0.6 is 0 Å². The number of hydrogen-bond acceptors (Lipinski definition) is 6. The van der Waals surface area contributed by atoms with E-state index in [1.807, 2.05) is 20.8 Å². The molecule has 2 fully saturated rings.